The van der Waals surface area contributed by atoms with Crippen LogP contribution in [0.25, 0.3) is 0 Å². The molecule has 1 saturated heterocycles. The van der Waals surface area contributed by atoms with Gasteiger partial charge in [-0.3, -0.25) is 15.0 Å². The van der Waals surface area contributed by atoms with Gasteiger partial charge in [0.1, 0.15) is 5.82 Å². The molecule has 2 N–H and O–H groups in total. The lowest BCUT2D eigenvalue weighted by Gasteiger charge is -2.31. The summed E-state index contributed by atoms with van der Waals surface area (Å²) in [6, 6.07) is 15.5. The summed E-state index contributed by atoms with van der Waals surface area (Å²) in [6.45, 7) is 1.84. The van der Waals surface area contributed by atoms with E-state index in [0.717, 1.165) is 32.4 Å². The molecule has 2 aromatic rings. The number of carbonyl (C=O) groups excluding carboxylic acids is 2. The Morgan fingerprint density at radius 1 is 1.00 bits per heavy atom. The van der Waals surface area contributed by atoms with E-state index in [0.29, 0.717) is 5.92 Å². The summed E-state index contributed by atoms with van der Waals surface area (Å²) in [4.78, 5) is 26.0. The Balaban J connectivity index is 1.39. The minimum absolute atomic E-state index is 0.0459. The van der Waals surface area contributed by atoms with Crippen molar-refractivity contribution in [3.63, 3.8) is 0 Å². The first-order valence-corrected chi connectivity index (χ1v) is 9.22. The minimum Gasteiger partial charge on any atom is -0.305 e. The van der Waals surface area contributed by atoms with Crippen LogP contribution >= 0.6 is 0 Å². The monoisotopic (exact) mass is 369 g/mol. The molecule has 1 heterocycles. The average molecular weight is 369 g/mol. The molecule has 5 nitrogen and oxygen atoms in total. The Morgan fingerprint density at radius 2 is 1.67 bits per heavy atom. The molecule has 2 aromatic carbocycles. The molecule has 1 fully saturated rings. The van der Waals surface area contributed by atoms with E-state index in [1.807, 2.05) is 11.0 Å². The Labute approximate surface area is 158 Å². The standard InChI is InChI=1S/C21H24FN3O2/c22-18-8-4-5-9-19(18)23-21(27)24-20(26)15-25-12-10-17(11-13-25)14-16-6-2-1-3-7-16/h1-9,17H,10-15H2,(H2,23,24,26,27). The predicted octanol–water partition coefficient (Wildman–Crippen LogP) is 3.43. The largest absolute Gasteiger partial charge is 0.326 e. The Morgan fingerprint density at radius 3 is 2.37 bits per heavy atom. The number of imide groups is 1. The number of likely N-dealkylation sites (tertiary alicyclic amines) is 1. The fourth-order valence-electron chi connectivity index (χ4n) is 3.38. The van der Waals surface area contributed by atoms with Gasteiger partial charge in [0.2, 0.25) is 5.91 Å². The second-order valence-corrected chi connectivity index (χ2v) is 6.89. The Kier molecular flexibility index (Phi) is 6.54. The zero-order chi connectivity index (χ0) is 19.1. The van der Waals surface area contributed by atoms with E-state index in [1.54, 1.807) is 6.07 Å². The number of hydrogen-bond donors (Lipinski definition) is 2. The third-order valence-electron chi connectivity index (χ3n) is 4.82. The van der Waals surface area contributed by atoms with Gasteiger partial charge in [0, 0.05) is 0 Å². The summed E-state index contributed by atoms with van der Waals surface area (Å²) in [5, 5.41) is 4.60. The second-order valence-electron chi connectivity index (χ2n) is 6.89. The highest BCUT2D eigenvalue weighted by atomic mass is 19.1. The van der Waals surface area contributed by atoms with Crippen molar-refractivity contribution >= 4 is 17.6 Å². The Hall–Kier alpha value is -2.73. The zero-order valence-corrected chi connectivity index (χ0v) is 15.2. The highest BCUT2D eigenvalue weighted by Crippen LogP contribution is 2.21. The van der Waals surface area contributed by atoms with Crippen molar-refractivity contribution in [2.75, 3.05) is 25.0 Å². The van der Waals surface area contributed by atoms with Crippen LogP contribution in [-0.2, 0) is 11.2 Å². The lowest BCUT2D eigenvalue weighted by Crippen LogP contribution is -2.44. The van der Waals surface area contributed by atoms with Gasteiger partial charge in [0.15, 0.2) is 0 Å². The topological polar surface area (TPSA) is 61.4 Å². The summed E-state index contributed by atoms with van der Waals surface area (Å²) in [7, 11) is 0. The third-order valence-corrected chi connectivity index (χ3v) is 4.82. The number of rotatable bonds is 5. The molecular formula is C21H24FN3O2. The second kappa shape index (κ2) is 9.28. The number of urea groups is 1. The molecule has 0 unspecified atom stereocenters. The van der Waals surface area contributed by atoms with E-state index in [1.165, 1.54) is 23.8 Å². The first kappa shape index (κ1) is 19.0. The minimum atomic E-state index is -0.718. The summed E-state index contributed by atoms with van der Waals surface area (Å²) in [6.07, 6.45) is 3.12. The maximum Gasteiger partial charge on any atom is 0.326 e. The van der Waals surface area contributed by atoms with Gasteiger partial charge in [-0.2, -0.15) is 0 Å². The summed E-state index contributed by atoms with van der Waals surface area (Å²) in [5.41, 5.74) is 1.39. The molecule has 3 amide bonds. The van der Waals surface area contributed by atoms with Crippen molar-refractivity contribution in [1.29, 1.82) is 0 Å². The lowest BCUT2D eigenvalue weighted by molar-refractivity contribution is -0.121. The molecule has 3 rings (SSSR count). The molecule has 0 radical (unpaired) electrons. The fraction of sp³-hybridized carbons (Fsp3) is 0.333. The van der Waals surface area contributed by atoms with Crippen LogP contribution in [0.3, 0.4) is 0 Å². The van der Waals surface area contributed by atoms with Crippen LogP contribution in [-0.4, -0.2) is 36.5 Å². The van der Waals surface area contributed by atoms with E-state index in [-0.39, 0.29) is 18.1 Å². The smallest absolute Gasteiger partial charge is 0.305 e. The SMILES string of the molecule is O=C(CN1CCC(Cc2ccccc2)CC1)NC(=O)Nc1ccccc1F. The van der Waals surface area contributed by atoms with Crippen LogP contribution in [0.4, 0.5) is 14.9 Å². The zero-order valence-electron chi connectivity index (χ0n) is 15.2. The number of nitrogens with zero attached hydrogens (tertiary/aromatic N) is 1. The van der Waals surface area contributed by atoms with Crippen molar-refractivity contribution in [2.45, 2.75) is 19.3 Å². The van der Waals surface area contributed by atoms with E-state index >= 15 is 0 Å². The van der Waals surface area contributed by atoms with Crippen LogP contribution in [0, 0.1) is 11.7 Å². The predicted molar refractivity (Wildman–Crippen MR) is 103 cm³/mol. The number of amides is 3. The van der Waals surface area contributed by atoms with Gasteiger partial charge < -0.3 is 5.32 Å². The van der Waals surface area contributed by atoms with Crippen molar-refractivity contribution in [2.24, 2.45) is 5.92 Å². The number of halogens is 1. The summed E-state index contributed by atoms with van der Waals surface area (Å²) >= 11 is 0. The maximum absolute atomic E-state index is 13.5. The van der Waals surface area contributed by atoms with Crippen LogP contribution in [0.2, 0.25) is 0 Å². The number of para-hydroxylation sites is 1. The molecule has 0 atom stereocenters. The van der Waals surface area contributed by atoms with Crippen molar-refractivity contribution in [3.05, 3.63) is 66.0 Å². The number of benzene rings is 2. The van der Waals surface area contributed by atoms with Crippen LogP contribution in [0.5, 0.6) is 0 Å². The molecule has 142 valence electrons. The van der Waals surface area contributed by atoms with E-state index in [2.05, 4.69) is 34.9 Å². The van der Waals surface area contributed by atoms with Gasteiger partial charge in [0.25, 0.3) is 0 Å². The lowest BCUT2D eigenvalue weighted by atomic mass is 9.90. The number of carbonyl (C=O) groups is 2. The van der Waals surface area contributed by atoms with Gasteiger partial charge in [-0.25, -0.2) is 9.18 Å². The molecule has 0 bridgehead atoms. The number of nitrogens with one attached hydrogen (secondary N) is 2. The van der Waals surface area contributed by atoms with Gasteiger partial charge in [-0.15, -0.1) is 0 Å². The molecule has 1 aliphatic heterocycles. The first-order valence-electron chi connectivity index (χ1n) is 9.22. The number of anilines is 1. The van der Waals surface area contributed by atoms with Crippen LogP contribution < -0.4 is 10.6 Å². The molecular weight excluding hydrogens is 345 g/mol. The third kappa shape index (κ3) is 5.89. The van der Waals surface area contributed by atoms with Gasteiger partial charge in [-0.05, 0) is 56.0 Å². The molecule has 0 aliphatic carbocycles. The van der Waals surface area contributed by atoms with Gasteiger partial charge >= 0.3 is 6.03 Å². The van der Waals surface area contributed by atoms with Crippen molar-refractivity contribution in [3.8, 4) is 0 Å². The van der Waals surface area contributed by atoms with Gasteiger partial charge in [-0.1, -0.05) is 42.5 Å². The van der Waals surface area contributed by atoms with Crippen molar-refractivity contribution in [1.82, 2.24) is 10.2 Å². The van der Waals surface area contributed by atoms with Crippen LogP contribution in [0.15, 0.2) is 54.6 Å². The van der Waals surface area contributed by atoms with Crippen molar-refractivity contribution < 1.29 is 14.0 Å². The molecule has 0 spiro atoms. The van der Waals surface area contributed by atoms with Crippen LogP contribution in [0.1, 0.15) is 18.4 Å². The quantitative estimate of drug-likeness (QED) is 0.849. The summed E-state index contributed by atoms with van der Waals surface area (Å²) in [5.74, 6) is -0.304. The number of hydrogen-bond acceptors (Lipinski definition) is 3. The van der Waals surface area contributed by atoms with E-state index < -0.39 is 11.8 Å². The maximum atomic E-state index is 13.5. The fourth-order valence-corrected chi connectivity index (χ4v) is 3.38. The molecule has 6 heteroatoms. The van der Waals surface area contributed by atoms with E-state index in [4.69, 9.17) is 0 Å². The number of piperidine rings is 1. The molecule has 27 heavy (non-hydrogen) atoms. The van der Waals surface area contributed by atoms with E-state index in [9.17, 15) is 14.0 Å². The molecule has 1 aliphatic rings. The highest BCUT2D eigenvalue weighted by Gasteiger charge is 2.21. The molecule has 0 saturated carbocycles. The first-order chi connectivity index (χ1) is 13.1. The Bertz CT molecular complexity index is 774. The average Bonchev–Trinajstić information content (AvgIpc) is 2.66. The highest BCUT2D eigenvalue weighted by molar-refractivity contribution is 6.01. The van der Waals surface area contributed by atoms with Gasteiger partial charge in [0.05, 0.1) is 12.2 Å². The summed E-state index contributed by atoms with van der Waals surface area (Å²) < 4.78 is 13.5. The normalized spacial score (nSPS) is 15.3. The molecule has 0 aromatic heterocycles.